The molecule has 0 aliphatic heterocycles. The third kappa shape index (κ3) is 7.81. The van der Waals surface area contributed by atoms with Gasteiger partial charge in [0, 0.05) is 40.9 Å². The van der Waals surface area contributed by atoms with Crippen molar-refractivity contribution >= 4 is 40.7 Å². The van der Waals surface area contributed by atoms with Gasteiger partial charge in [-0.05, 0) is 33.6 Å². The smallest absolute Gasteiger partial charge is 0.191 e. The second kappa shape index (κ2) is 9.97. The van der Waals surface area contributed by atoms with Crippen molar-refractivity contribution in [3.63, 3.8) is 0 Å². The molecule has 1 fully saturated rings. The van der Waals surface area contributed by atoms with Gasteiger partial charge in [-0.1, -0.05) is 19.3 Å². The van der Waals surface area contributed by atoms with E-state index >= 15 is 0 Å². The summed E-state index contributed by atoms with van der Waals surface area (Å²) in [6.07, 6.45) is 6.43. The number of rotatable bonds is 4. The normalized spacial score (nSPS) is 19.1. The van der Waals surface area contributed by atoms with Crippen molar-refractivity contribution in [1.82, 2.24) is 10.6 Å². The molecule has 1 unspecified atom stereocenters. The maximum atomic E-state index is 11.9. The Hall–Kier alpha value is 0.150. The van der Waals surface area contributed by atoms with Crippen LogP contribution in [-0.2, 0) is 10.8 Å². The Balaban J connectivity index is 0.00000361. The zero-order chi connectivity index (χ0) is 14.3. The van der Waals surface area contributed by atoms with Crippen molar-refractivity contribution in [3.8, 4) is 0 Å². The minimum atomic E-state index is -0.808. The molecule has 0 saturated heterocycles. The predicted molar refractivity (Wildman–Crippen MR) is 99.5 cm³/mol. The fourth-order valence-electron chi connectivity index (χ4n) is 2.20. The average Bonchev–Trinajstić information content (AvgIpc) is 2.37. The molecule has 20 heavy (non-hydrogen) atoms. The predicted octanol–water partition coefficient (Wildman–Crippen LogP) is 2.65. The lowest BCUT2D eigenvalue weighted by Crippen LogP contribution is -2.45. The highest BCUT2D eigenvalue weighted by Gasteiger charge is 2.19. The summed E-state index contributed by atoms with van der Waals surface area (Å²) in [5.41, 5.74) is 0. The van der Waals surface area contributed by atoms with Crippen LogP contribution in [0, 0.1) is 0 Å². The summed E-state index contributed by atoms with van der Waals surface area (Å²) in [6.45, 7) is 6.74. The van der Waals surface area contributed by atoms with Crippen molar-refractivity contribution in [2.24, 2.45) is 4.99 Å². The zero-order valence-corrected chi connectivity index (χ0v) is 16.3. The fourth-order valence-corrected chi connectivity index (χ4v) is 3.10. The van der Waals surface area contributed by atoms with Gasteiger partial charge in [0.15, 0.2) is 5.96 Å². The molecule has 1 aliphatic carbocycles. The molecule has 0 spiro atoms. The lowest BCUT2D eigenvalue weighted by atomic mass is 9.96. The number of nitrogens with one attached hydrogen (secondary N) is 2. The van der Waals surface area contributed by atoms with Gasteiger partial charge in [0.2, 0.25) is 0 Å². The van der Waals surface area contributed by atoms with Crippen LogP contribution in [-0.4, -0.2) is 40.3 Å². The second-order valence-electron chi connectivity index (χ2n) is 6.14. The second-order valence-corrected chi connectivity index (χ2v) is 8.46. The van der Waals surface area contributed by atoms with Gasteiger partial charge >= 0.3 is 0 Å². The first-order chi connectivity index (χ1) is 8.93. The lowest BCUT2D eigenvalue weighted by Gasteiger charge is -2.25. The van der Waals surface area contributed by atoms with Crippen molar-refractivity contribution in [2.75, 3.05) is 19.3 Å². The number of halogens is 1. The minimum absolute atomic E-state index is 0. The number of aliphatic imine (C=N–C) groups is 1. The van der Waals surface area contributed by atoms with E-state index < -0.39 is 10.8 Å². The Morgan fingerprint density at radius 1 is 1.25 bits per heavy atom. The Labute approximate surface area is 143 Å². The van der Waals surface area contributed by atoms with E-state index in [1.165, 1.54) is 32.1 Å². The van der Waals surface area contributed by atoms with Crippen LogP contribution in [0.1, 0.15) is 52.9 Å². The maximum Gasteiger partial charge on any atom is 0.191 e. The Bertz CT molecular complexity index is 323. The van der Waals surface area contributed by atoms with Crippen LogP contribution in [0.4, 0.5) is 0 Å². The zero-order valence-electron chi connectivity index (χ0n) is 13.2. The topological polar surface area (TPSA) is 53.5 Å². The Morgan fingerprint density at radius 2 is 1.85 bits per heavy atom. The summed E-state index contributed by atoms with van der Waals surface area (Å²) in [7, 11) is 0.983. The molecule has 1 atom stereocenters. The average molecular weight is 415 g/mol. The first-order valence-electron chi connectivity index (χ1n) is 7.29. The van der Waals surface area contributed by atoms with Crippen LogP contribution < -0.4 is 10.6 Å². The molecular weight excluding hydrogens is 385 g/mol. The minimum Gasteiger partial charge on any atom is -0.355 e. The van der Waals surface area contributed by atoms with E-state index in [1.807, 2.05) is 20.8 Å². The lowest BCUT2D eigenvalue weighted by molar-refractivity contribution is 0.410. The van der Waals surface area contributed by atoms with Crippen LogP contribution >= 0.6 is 24.0 Å². The van der Waals surface area contributed by atoms with Crippen LogP contribution in [0.25, 0.3) is 0 Å². The molecule has 1 saturated carbocycles. The van der Waals surface area contributed by atoms with E-state index in [4.69, 9.17) is 0 Å². The van der Waals surface area contributed by atoms with Crippen LogP contribution in [0.5, 0.6) is 0 Å². The highest BCUT2D eigenvalue weighted by molar-refractivity contribution is 14.0. The molecule has 0 radical (unpaired) electrons. The van der Waals surface area contributed by atoms with Crippen LogP contribution in [0.3, 0.4) is 0 Å². The Morgan fingerprint density at radius 3 is 2.35 bits per heavy atom. The largest absolute Gasteiger partial charge is 0.355 e. The van der Waals surface area contributed by atoms with Crippen molar-refractivity contribution in [1.29, 1.82) is 0 Å². The SMILES string of the molecule is CN=C(NCCS(=O)C(C)(C)C)NC1CCCCC1.I. The standard InChI is InChI=1S/C14H29N3OS.HI/c1-14(2,3)19(18)11-10-16-13(15-4)17-12-8-6-5-7-9-12;/h12H,5-11H2,1-4H3,(H2,15,16,17);1H. The van der Waals surface area contributed by atoms with Gasteiger partial charge in [-0.15, -0.1) is 24.0 Å². The van der Waals surface area contributed by atoms with E-state index in [-0.39, 0.29) is 28.7 Å². The van der Waals surface area contributed by atoms with E-state index in [9.17, 15) is 4.21 Å². The summed E-state index contributed by atoms with van der Waals surface area (Å²) < 4.78 is 11.8. The molecule has 0 amide bonds. The van der Waals surface area contributed by atoms with E-state index in [0.29, 0.717) is 18.3 Å². The van der Waals surface area contributed by atoms with Crippen molar-refractivity contribution in [3.05, 3.63) is 0 Å². The summed E-state index contributed by atoms with van der Waals surface area (Å²) in [5.74, 6) is 1.51. The van der Waals surface area contributed by atoms with Crippen LogP contribution in [0.2, 0.25) is 0 Å². The number of guanidine groups is 1. The molecule has 0 aromatic heterocycles. The molecule has 2 N–H and O–H groups in total. The molecule has 0 heterocycles. The van der Waals surface area contributed by atoms with Gasteiger partial charge in [0.25, 0.3) is 0 Å². The van der Waals surface area contributed by atoms with E-state index in [0.717, 1.165) is 5.96 Å². The summed E-state index contributed by atoms with van der Waals surface area (Å²) in [5, 5.41) is 6.72. The van der Waals surface area contributed by atoms with Gasteiger partial charge in [-0.3, -0.25) is 9.20 Å². The molecule has 4 nitrogen and oxygen atoms in total. The van der Waals surface area contributed by atoms with Gasteiger partial charge in [0.05, 0.1) is 0 Å². The van der Waals surface area contributed by atoms with Gasteiger partial charge in [-0.25, -0.2) is 0 Å². The quantitative estimate of drug-likeness (QED) is 0.422. The molecule has 6 heteroatoms. The number of hydrogen-bond donors (Lipinski definition) is 2. The summed E-state index contributed by atoms with van der Waals surface area (Å²) >= 11 is 0. The number of hydrogen-bond acceptors (Lipinski definition) is 2. The molecule has 1 aliphatic rings. The Kier molecular flexibility index (Phi) is 10.0. The molecule has 1 rings (SSSR count). The third-order valence-corrected chi connectivity index (χ3v) is 5.37. The molecule has 0 aromatic rings. The molecule has 0 bridgehead atoms. The van der Waals surface area contributed by atoms with E-state index in [2.05, 4.69) is 15.6 Å². The van der Waals surface area contributed by atoms with Gasteiger partial charge < -0.3 is 10.6 Å². The molecular formula is C14H30IN3OS. The van der Waals surface area contributed by atoms with Crippen molar-refractivity contribution < 1.29 is 4.21 Å². The third-order valence-electron chi connectivity index (χ3n) is 3.43. The monoisotopic (exact) mass is 415 g/mol. The summed E-state index contributed by atoms with van der Waals surface area (Å²) in [4.78, 5) is 4.24. The summed E-state index contributed by atoms with van der Waals surface area (Å²) in [6, 6.07) is 0.549. The van der Waals surface area contributed by atoms with Crippen LogP contribution in [0.15, 0.2) is 4.99 Å². The molecule has 0 aromatic carbocycles. The molecule has 120 valence electrons. The highest BCUT2D eigenvalue weighted by atomic mass is 127. The van der Waals surface area contributed by atoms with Gasteiger partial charge in [0.1, 0.15) is 0 Å². The van der Waals surface area contributed by atoms with Crippen molar-refractivity contribution in [2.45, 2.75) is 63.7 Å². The number of nitrogens with zero attached hydrogens (tertiary/aromatic N) is 1. The maximum absolute atomic E-state index is 11.9. The van der Waals surface area contributed by atoms with Gasteiger partial charge in [-0.2, -0.15) is 0 Å². The first-order valence-corrected chi connectivity index (χ1v) is 8.61. The first kappa shape index (κ1) is 20.1. The van der Waals surface area contributed by atoms with E-state index in [1.54, 1.807) is 7.05 Å². The highest BCUT2D eigenvalue weighted by Crippen LogP contribution is 2.17. The fraction of sp³-hybridized carbons (Fsp3) is 0.929.